The summed E-state index contributed by atoms with van der Waals surface area (Å²) in [6.45, 7) is 0. The fourth-order valence-electron chi connectivity index (χ4n) is 7.81. The first-order chi connectivity index (χ1) is 27.3. The van der Waals surface area contributed by atoms with Crippen LogP contribution >= 0.6 is 11.3 Å². The molecule has 0 aliphatic heterocycles. The first-order valence-corrected chi connectivity index (χ1v) is 19.5. The van der Waals surface area contributed by atoms with Crippen molar-refractivity contribution in [2.24, 2.45) is 0 Å². The Labute approximate surface area is 324 Å². The summed E-state index contributed by atoms with van der Waals surface area (Å²) in [5.41, 5.74) is 10.9. The van der Waals surface area contributed by atoms with E-state index >= 15 is 0 Å². The summed E-state index contributed by atoms with van der Waals surface area (Å²) in [5, 5.41) is 11.3. The number of nitrogens with zero attached hydrogens (tertiary/aromatic N) is 1. The van der Waals surface area contributed by atoms with Crippen LogP contribution in [0.3, 0.4) is 0 Å². The predicted molar refractivity (Wildman–Crippen MR) is 238 cm³/mol. The molecule has 9 aromatic carbocycles. The van der Waals surface area contributed by atoms with Gasteiger partial charge in [-0.25, -0.2) is 0 Å². The summed E-state index contributed by atoms with van der Waals surface area (Å²) in [6.07, 6.45) is 0. The lowest BCUT2D eigenvalue weighted by Gasteiger charge is -2.13. The highest BCUT2D eigenvalue weighted by atomic mass is 32.1. The SMILES string of the molecule is c1ccc(-c2ccccc2)cc1.c1ccc(-n2c3ccc(-c4ccc(Nc5cc6ccccc6c6ccccc56)cc4)cc3c3sc4ccccc4c32)cc1. The van der Waals surface area contributed by atoms with Gasteiger partial charge < -0.3 is 9.88 Å². The lowest BCUT2D eigenvalue weighted by Crippen LogP contribution is -1.93. The minimum absolute atomic E-state index is 1.08. The van der Waals surface area contributed by atoms with E-state index in [1.165, 1.54) is 80.7 Å². The Morgan fingerprint density at radius 3 is 1.64 bits per heavy atom. The molecule has 11 rings (SSSR count). The molecule has 2 aromatic heterocycles. The minimum atomic E-state index is 1.08. The summed E-state index contributed by atoms with van der Waals surface area (Å²) >= 11 is 1.88. The largest absolute Gasteiger partial charge is 0.355 e. The third-order valence-corrected chi connectivity index (χ3v) is 11.6. The molecule has 0 spiro atoms. The molecule has 0 aliphatic carbocycles. The smallest absolute Gasteiger partial charge is 0.0727 e. The molecule has 0 fully saturated rings. The van der Waals surface area contributed by atoms with Crippen molar-refractivity contribution >= 4 is 75.5 Å². The minimum Gasteiger partial charge on any atom is -0.355 e. The number of rotatable bonds is 5. The van der Waals surface area contributed by atoms with Crippen molar-refractivity contribution in [3.63, 3.8) is 0 Å². The van der Waals surface area contributed by atoms with Crippen LogP contribution in [-0.2, 0) is 0 Å². The molecule has 1 N–H and O–H groups in total. The summed E-state index contributed by atoms with van der Waals surface area (Å²) in [7, 11) is 0. The quantitative estimate of drug-likeness (QED) is 0.175. The molecule has 0 saturated heterocycles. The molecule has 260 valence electrons. The van der Waals surface area contributed by atoms with Gasteiger partial charge in [-0.3, -0.25) is 0 Å². The van der Waals surface area contributed by atoms with Crippen LogP contribution in [0.2, 0.25) is 0 Å². The average molecular weight is 721 g/mol. The Morgan fingerprint density at radius 2 is 0.927 bits per heavy atom. The van der Waals surface area contributed by atoms with Gasteiger partial charge in [0.25, 0.3) is 0 Å². The molecule has 2 heterocycles. The number of aromatic nitrogens is 1. The van der Waals surface area contributed by atoms with Crippen molar-refractivity contribution in [3.8, 4) is 27.9 Å². The normalized spacial score (nSPS) is 11.3. The zero-order valence-corrected chi connectivity index (χ0v) is 30.9. The van der Waals surface area contributed by atoms with Crippen LogP contribution in [0.15, 0.2) is 212 Å². The van der Waals surface area contributed by atoms with Crippen molar-refractivity contribution in [1.29, 1.82) is 0 Å². The number of fused-ring (bicyclic) bond motifs is 8. The maximum absolute atomic E-state index is 3.71. The van der Waals surface area contributed by atoms with Gasteiger partial charge in [0.05, 0.1) is 15.7 Å². The summed E-state index contributed by atoms with van der Waals surface area (Å²) in [5.74, 6) is 0. The first kappa shape index (κ1) is 32.7. The molecule has 55 heavy (non-hydrogen) atoms. The maximum Gasteiger partial charge on any atom is 0.0727 e. The van der Waals surface area contributed by atoms with E-state index in [-0.39, 0.29) is 0 Å². The fraction of sp³-hybridized carbons (Fsp3) is 0. The van der Waals surface area contributed by atoms with Crippen molar-refractivity contribution in [2.45, 2.75) is 0 Å². The van der Waals surface area contributed by atoms with Crippen molar-refractivity contribution in [3.05, 3.63) is 212 Å². The summed E-state index contributed by atoms with van der Waals surface area (Å²) in [4.78, 5) is 0. The van der Waals surface area contributed by atoms with Crippen LogP contribution in [0, 0.1) is 0 Å². The van der Waals surface area contributed by atoms with E-state index in [9.17, 15) is 0 Å². The summed E-state index contributed by atoms with van der Waals surface area (Å²) < 4.78 is 5.08. The van der Waals surface area contributed by atoms with Crippen LogP contribution in [-0.4, -0.2) is 4.57 Å². The zero-order chi connectivity index (χ0) is 36.6. The molecular weight excluding hydrogens is 685 g/mol. The van der Waals surface area contributed by atoms with Gasteiger partial charge in [0.1, 0.15) is 0 Å². The van der Waals surface area contributed by atoms with E-state index in [1.807, 2.05) is 23.5 Å². The van der Waals surface area contributed by atoms with Crippen molar-refractivity contribution < 1.29 is 0 Å². The predicted octanol–water partition coefficient (Wildman–Crippen LogP) is 15.1. The van der Waals surface area contributed by atoms with Gasteiger partial charge in [-0.2, -0.15) is 0 Å². The van der Waals surface area contributed by atoms with E-state index < -0.39 is 0 Å². The third kappa shape index (κ3) is 6.11. The van der Waals surface area contributed by atoms with E-state index in [1.54, 1.807) is 0 Å². The average Bonchev–Trinajstić information content (AvgIpc) is 3.80. The van der Waals surface area contributed by atoms with Crippen LogP contribution < -0.4 is 5.32 Å². The highest BCUT2D eigenvalue weighted by molar-refractivity contribution is 7.26. The molecule has 0 saturated carbocycles. The van der Waals surface area contributed by atoms with E-state index in [4.69, 9.17) is 0 Å². The van der Waals surface area contributed by atoms with Gasteiger partial charge in [-0.15, -0.1) is 11.3 Å². The second kappa shape index (κ2) is 14.1. The first-order valence-electron chi connectivity index (χ1n) is 18.7. The standard InChI is InChI=1S/C40H26N2S.C12H10/c1-2-11-30(12-3-1)42-37-23-20-27(24-35(37)40-39(42)34-16-8-9-17-38(34)43-40)26-18-21-29(22-19-26)41-36-25-28-10-4-5-13-31(28)32-14-6-7-15-33(32)36;1-3-7-11(8-4-1)12-9-5-2-6-10-12/h1-25,41H;1-10H. The number of thiophene rings is 1. The third-order valence-electron chi connectivity index (χ3n) is 10.4. The molecule has 3 heteroatoms. The number of hydrogen-bond donors (Lipinski definition) is 1. The lowest BCUT2D eigenvalue weighted by atomic mass is 10.00. The number of nitrogens with one attached hydrogen (secondary N) is 1. The van der Waals surface area contributed by atoms with Gasteiger partial charge in [-0.1, -0.05) is 164 Å². The molecule has 2 nitrogen and oxygen atoms in total. The van der Waals surface area contributed by atoms with Crippen LogP contribution in [0.1, 0.15) is 0 Å². The Morgan fingerprint density at radius 1 is 0.382 bits per heavy atom. The lowest BCUT2D eigenvalue weighted by molar-refractivity contribution is 1.19. The second-order valence-corrected chi connectivity index (χ2v) is 14.9. The maximum atomic E-state index is 3.71. The van der Waals surface area contributed by atoms with Crippen molar-refractivity contribution in [1.82, 2.24) is 4.57 Å². The highest BCUT2D eigenvalue weighted by Gasteiger charge is 2.18. The van der Waals surface area contributed by atoms with Gasteiger partial charge in [0, 0.05) is 37.9 Å². The monoisotopic (exact) mass is 720 g/mol. The van der Waals surface area contributed by atoms with Crippen molar-refractivity contribution in [2.75, 3.05) is 5.32 Å². The number of hydrogen-bond acceptors (Lipinski definition) is 2. The second-order valence-electron chi connectivity index (χ2n) is 13.8. The van der Waals surface area contributed by atoms with Crippen LogP contribution in [0.4, 0.5) is 11.4 Å². The fourth-order valence-corrected chi connectivity index (χ4v) is 9.03. The van der Waals surface area contributed by atoms with Gasteiger partial charge in [0.15, 0.2) is 0 Å². The zero-order valence-electron chi connectivity index (χ0n) is 30.1. The number of benzene rings is 9. The van der Waals surface area contributed by atoms with Crippen LogP contribution in [0.5, 0.6) is 0 Å². The molecule has 0 amide bonds. The highest BCUT2D eigenvalue weighted by Crippen LogP contribution is 2.43. The Bertz CT molecular complexity index is 3050. The molecule has 0 bridgehead atoms. The van der Waals surface area contributed by atoms with Crippen LogP contribution in [0.25, 0.3) is 80.7 Å². The van der Waals surface area contributed by atoms with E-state index in [0.29, 0.717) is 0 Å². The van der Waals surface area contributed by atoms with Gasteiger partial charge >= 0.3 is 0 Å². The number of anilines is 2. The Balaban J connectivity index is 0.000000265. The van der Waals surface area contributed by atoms with Gasteiger partial charge in [-0.05, 0) is 86.9 Å². The summed E-state index contributed by atoms with van der Waals surface area (Å²) in [6, 6.07) is 75.5. The molecular formula is C52H36N2S. The molecule has 0 aliphatic rings. The topological polar surface area (TPSA) is 17.0 Å². The molecule has 0 atom stereocenters. The number of para-hydroxylation sites is 1. The Hall–Kier alpha value is -6.94. The molecule has 0 unspecified atom stereocenters. The Kier molecular flexibility index (Phi) is 8.40. The molecule has 0 radical (unpaired) electrons. The van der Waals surface area contributed by atoms with E-state index in [0.717, 1.165) is 11.4 Å². The van der Waals surface area contributed by atoms with Gasteiger partial charge in [0.2, 0.25) is 0 Å². The molecule has 11 aromatic rings. The van der Waals surface area contributed by atoms with E-state index in [2.05, 4.69) is 210 Å².